The van der Waals surface area contributed by atoms with Gasteiger partial charge in [-0.25, -0.2) is 9.67 Å². The van der Waals surface area contributed by atoms with Crippen molar-refractivity contribution >= 4 is 16.8 Å². The topological polar surface area (TPSA) is 81.5 Å². The quantitative estimate of drug-likeness (QED) is 0.429. The number of hydrogen-bond acceptors (Lipinski definition) is 6. The van der Waals surface area contributed by atoms with Crippen LogP contribution in [0.5, 0.6) is 5.75 Å². The molecule has 0 saturated carbocycles. The maximum atomic E-state index is 13.4. The minimum Gasteiger partial charge on any atom is -0.497 e. The molecule has 8 nitrogen and oxygen atoms in total. The molecule has 0 aliphatic carbocycles. The number of hydrogen-bond donors (Lipinski definition) is 1. The van der Waals surface area contributed by atoms with E-state index in [4.69, 9.17) is 14.5 Å². The van der Waals surface area contributed by atoms with Crippen LogP contribution in [0.3, 0.4) is 0 Å². The SMILES string of the molecule is COc1ccc(-n2ncc(-c3cc(C(=O)NCCN4CCOCC4)c4cc(C)ccc4n3)c2C)cc1. The minimum absolute atomic E-state index is 0.0947. The van der Waals surface area contributed by atoms with Crippen LogP contribution in [-0.2, 0) is 4.74 Å². The Hall–Kier alpha value is -3.75. The highest BCUT2D eigenvalue weighted by atomic mass is 16.5. The van der Waals surface area contributed by atoms with Crippen LogP contribution in [-0.4, -0.2) is 72.1 Å². The highest BCUT2D eigenvalue weighted by Crippen LogP contribution is 2.29. The lowest BCUT2D eigenvalue weighted by atomic mass is 10.0. The predicted octanol–water partition coefficient (Wildman–Crippen LogP) is 3.77. The monoisotopic (exact) mass is 485 g/mol. The fourth-order valence-corrected chi connectivity index (χ4v) is 4.56. The molecule has 0 spiro atoms. The van der Waals surface area contributed by atoms with Gasteiger partial charge in [0, 0.05) is 37.1 Å². The maximum absolute atomic E-state index is 13.4. The molecule has 0 unspecified atom stereocenters. The van der Waals surface area contributed by atoms with E-state index >= 15 is 0 Å². The summed E-state index contributed by atoms with van der Waals surface area (Å²) >= 11 is 0. The van der Waals surface area contributed by atoms with E-state index in [-0.39, 0.29) is 5.91 Å². The van der Waals surface area contributed by atoms with Gasteiger partial charge in [0.2, 0.25) is 0 Å². The second-order valence-electron chi connectivity index (χ2n) is 9.04. The Bertz CT molecular complexity index is 1370. The summed E-state index contributed by atoms with van der Waals surface area (Å²) in [5.41, 5.74) is 5.97. The van der Waals surface area contributed by atoms with E-state index < -0.39 is 0 Å². The largest absolute Gasteiger partial charge is 0.497 e. The molecule has 0 atom stereocenters. The summed E-state index contributed by atoms with van der Waals surface area (Å²) in [5, 5.41) is 8.57. The van der Waals surface area contributed by atoms with Crippen LogP contribution < -0.4 is 10.1 Å². The number of aryl methyl sites for hydroxylation is 1. The van der Waals surface area contributed by atoms with Gasteiger partial charge in [-0.2, -0.15) is 5.10 Å². The summed E-state index contributed by atoms with van der Waals surface area (Å²) in [7, 11) is 1.65. The summed E-state index contributed by atoms with van der Waals surface area (Å²) in [6.07, 6.45) is 1.81. The van der Waals surface area contributed by atoms with Gasteiger partial charge in [-0.3, -0.25) is 9.69 Å². The molecule has 5 rings (SSSR count). The fraction of sp³-hybridized carbons (Fsp3) is 0.321. The summed E-state index contributed by atoms with van der Waals surface area (Å²) in [5.74, 6) is 0.697. The van der Waals surface area contributed by atoms with Crippen LogP contribution in [0, 0.1) is 13.8 Å². The van der Waals surface area contributed by atoms with Crippen LogP contribution in [0.25, 0.3) is 27.8 Å². The van der Waals surface area contributed by atoms with Crippen molar-refractivity contribution in [1.82, 2.24) is 25.0 Å². The number of rotatable bonds is 7. The van der Waals surface area contributed by atoms with Crippen LogP contribution in [0.4, 0.5) is 0 Å². The van der Waals surface area contributed by atoms with Crippen molar-refractivity contribution in [3.05, 3.63) is 71.5 Å². The zero-order valence-corrected chi connectivity index (χ0v) is 21.0. The molecule has 2 aromatic heterocycles. The van der Waals surface area contributed by atoms with E-state index in [1.807, 2.05) is 73.3 Å². The highest BCUT2D eigenvalue weighted by molar-refractivity contribution is 6.07. The Morgan fingerprint density at radius 3 is 2.61 bits per heavy atom. The number of amides is 1. The normalized spacial score (nSPS) is 14.2. The number of aromatic nitrogens is 3. The molecule has 1 amide bonds. The van der Waals surface area contributed by atoms with E-state index in [0.717, 1.165) is 77.7 Å². The molecular weight excluding hydrogens is 454 g/mol. The van der Waals surface area contributed by atoms with E-state index in [1.165, 1.54) is 0 Å². The number of morpholine rings is 1. The first-order chi connectivity index (χ1) is 17.5. The number of benzene rings is 2. The van der Waals surface area contributed by atoms with E-state index in [0.29, 0.717) is 12.1 Å². The number of fused-ring (bicyclic) bond motifs is 1. The standard InChI is InChI=1S/C28H31N5O3/c1-19-4-9-26-23(16-19)24(28(34)29-10-11-32-12-14-36-15-13-32)17-27(31-26)25-18-30-33(20(25)2)21-5-7-22(35-3)8-6-21/h4-9,16-18H,10-15H2,1-3H3,(H,29,34). The molecule has 8 heteroatoms. The molecule has 186 valence electrons. The van der Waals surface area contributed by atoms with E-state index in [1.54, 1.807) is 7.11 Å². The first-order valence-electron chi connectivity index (χ1n) is 12.2. The van der Waals surface area contributed by atoms with Gasteiger partial charge in [0.15, 0.2) is 0 Å². The van der Waals surface area contributed by atoms with Crippen molar-refractivity contribution in [1.29, 1.82) is 0 Å². The fourth-order valence-electron chi connectivity index (χ4n) is 4.56. The molecule has 1 fully saturated rings. The Morgan fingerprint density at radius 2 is 1.86 bits per heavy atom. The Labute approximate surface area is 210 Å². The Morgan fingerprint density at radius 1 is 1.08 bits per heavy atom. The number of pyridine rings is 1. The number of methoxy groups -OCH3 is 1. The summed E-state index contributed by atoms with van der Waals surface area (Å²) in [6, 6.07) is 15.6. The Kier molecular flexibility index (Phi) is 6.97. The van der Waals surface area contributed by atoms with Gasteiger partial charge in [-0.15, -0.1) is 0 Å². The zero-order valence-electron chi connectivity index (χ0n) is 21.0. The van der Waals surface area contributed by atoms with Crippen LogP contribution in [0.15, 0.2) is 54.7 Å². The van der Waals surface area contributed by atoms with Gasteiger partial charge in [0.1, 0.15) is 5.75 Å². The number of nitrogens with zero attached hydrogens (tertiary/aromatic N) is 4. The molecule has 3 heterocycles. The first-order valence-corrected chi connectivity index (χ1v) is 12.2. The van der Waals surface area contributed by atoms with Gasteiger partial charge in [0.05, 0.1) is 54.7 Å². The number of carbonyl (C=O) groups is 1. The van der Waals surface area contributed by atoms with Gasteiger partial charge < -0.3 is 14.8 Å². The second kappa shape index (κ2) is 10.5. The third kappa shape index (κ3) is 4.96. The number of ether oxygens (including phenoxy) is 2. The molecule has 4 aromatic rings. The average Bonchev–Trinajstić information content (AvgIpc) is 3.29. The number of nitrogens with one attached hydrogen (secondary N) is 1. The molecular formula is C28H31N5O3. The summed E-state index contributed by atoms with van der Waals surface area (Å²) < 4.78 is 12.6. The van der Waals surface area contributed by atoms with Crippen molar-refractivity contribution in [2.75, 3.05) is 46.5 Å². The van der Waals surface area contributed by atoms with Gasteiger partial charge >= 0.3 is 0 Å². The summed E-state index contributed by atoms with van der Waals surface area (Å²) in [6.45, 7) is 8.70. The molecule has 0 bridgehead atoms. The van der Waals surface area contributed by atoms with Crippen LogP contribution >= 0.6 is 0 Å². The third-order valence-corrected chi connectivity index (χ3v) is 6.63. The van der Waals surface area contributed by atoms with Crippen molar-refractivity contribution in [3.8, 4) is 22.7 Å². The molecule has 0 radical (unpaired) electrons. The lowest BCUT2D eigenvalue weighted by Gasteiger charge is -2.26. The molecule has 1 aliphatic rings. The zero-order chi connectivity index (χ0) is 25.1. The van der Waals surface area contributed by atoms with Gasteiger partial charge in [-0.1, -0.05) is 11.6 Å². The second-order valence-corrected chi connectivity index (χ2v) is 9.04. The number of carbonyl (C=O) groups excluding carboxylic acids is 1. The molecule has 2 aromatic carbocycles. The van der Waals surface area contributed by atoms with Crippen LogP contribution in [0.1, 0.15) is 21.6 Å². The third-order valence-electron chi connectivity index (χ3n) is 6.63. The van der Waals surface area contributed by atoms with Crippen LogP contribution in [0.2, 0.25) is 0 Å². The Balaban J connectivity index is 1.45. The highest BCUT2D eigenvalue weighted by Gasteiger charge is 2.18. The lowest BCUT2D eigenvalue weighted by molar-refractivity contribution is 0.0383. The van der Waals surface area contributed by atoms with Crippen molar-refractivity contribution in [2.24, 2.45) is 0 Å². The molecule has 1 N–H and O–H groups in total. The summed E-state index contributed by atoms with van der Waals surface area (Å²) in [4.78, 5) is 20.6. The predicted molar refractivity (Wildman–Crippen MR) is 140 cm³/mol. The maximum Gasteiger partial charge on any atom is 0.252 e. The van der Waals surface area contributed by atoms with Crippen molar-refractivity contribution < 1.29 is 14.3 Å². The molecule has 1 saturated heterocycles. The van der Waals surface area contributed by atoms with Crippen molar-refractivity contribution in [2.45, 2.75) is 13.8 Å². The molecule has 36 heavy (non-hydrogen) atoms. The van der Waals surface area contributed by atoms with E-state index in [9.17, 15) is 4.79 Å². The lowest BCUT2D eigenvalue weighted by Crippen LogP contribution is -2.41. The van der Waals surface area contributed by atoms with Gasteiger partial charge in [0.25, 0.3) is 5.91 Å². The van der Waals surface area contributed by atoms with Crippen molar-refractivity contribution in [3.63, 3.8) is 0 Å². The average molecular weight is 486 g/mol. The first kappa shape index (κ1) is 24.0. The van der Waals surface area contributed by atoms with Gasteiger partial charge in [-0.05, 0) is 56.3 Å². The smallest absolute Gasteiger partial charge is 0.252 e. The molecule has 1 aliphatic heterocycles. The van der Waals surface area contributed by atoms with E-state index in [2.05, 4.69) is 15.3 Å². The minimum atomic E-state index is -0.0947.